The van der Waals surface area contributed by atoms with Gasteiger partial charge in [-0.1, -0.05) is 12.1 Å². The summed E-state index contributed by atoms with van der Waals surface area (Å²) >= 11 is 0. The van der Waals surface area contributed by atoms with Crippen LogP contribution in [0.25, 0.3) is 0 Å². The molecule has 1 aliphatic heterocycles. The lowest BCUT2D eigenvalue weighted by atomic mass is 10.1. The van der Waals surface area contributed by atoms with Crippen molar-refractivity contribution in [2.75, 3.05) is 50.6 Å². The van der Waals surface area contributed by atoms with Gasteiger partial charge in [0.05, 0.1) is 14.2 Å². The molecule has 0 aromatic heterocycles. The predicted octanol–water partition coefficient (Wildman–Crippen LogP) is 3.67. The van der Waals surface area contributed by atoms with Crippen LogP contribution in [0.4, 0.5) is 16.2 Å². The van der Waals surface area contributed by atoms with Crippen LogP contribution in [0, 0.1) is 13.8 Å². The Kier molecular flexibility index (Phi) is 5.74. The number of benzene rings is 2. The second-order valence-electron chi connectivity index (χ2n) is 6.72. The number of urea groups is 1. The highest BCUT2D eigenvalue weighted by molar-refractivity contribution is 5.90. The molecule has 1 saturated heterocycles. The molecular formula is C21H27N3O3. The van der Waals surface area contributed by atoms with Gasteiger partial charge in [0.2, 0.25) is 0 Å². The van der Waals surface area contributed by atoms with Crippen molar-refractivity contribution in [3.63, 3.8) is 0 Å². The number of aryl methyl sites for hydroxylation is 1. The number of hydrogen-bond donors (Lipinski definition) is 1. The van der Waals surface area contributed by atoms with Crippen LogP contribution in [0.3, 0.4) is 0 Å². The number of anilines is 2. The number of nitrogens with zero attached hydrogens (tertiary/aromatic N) is 2. The first-order chi connectivity index (χ1) is 13.0. The van der Waals surface area contributed by atoms with Crippen LogP contribution in [0.15, 0.2) is 36.4 Å². The molecule has 6 nitrogen and oxygen atoms in total. The molecule has 1 N–H and O–H groups in total. The van der Waals surface area contributed by atoms with Crippen molar-refractivity contribution in [2.24, 2.45) is 0 Å². The second-order valence-corrected chi connectivity index (χ2v) is 6.72. The van der Waals surface area contributed by atoms with Gasteiger partial charge in [0.15, 0.2) is 0 Å². The molecule has 27 heavy (non-hydrogen) atoms. The Balaban J connectivity index is 1.63. The second kappa shape index (κ2) is 8.20. The molecular weight excluding hydrogens is 342 g/mol. The molecule has 144 valence electrons. The number of carbonyl (C=O) groups excluding carboxylic acids is 1. The van der Waals surface area contributed by atoms with Crippen molar-refractivity contribution in [1.82, 2.24) is 4.90 Å². The Bertz CT molecular complexity index is 792. The number of amides is 2. The fraction of sp³-hybridized carbons (Fsp3) is 0.381. The van der Waals surface area contributed by atoms with E-state index >= 15 is 0 Å². The van der Waals surface area contributed by atoms with E-state index in [1.165, 1.54) is 16.8 Å². The van der Waals surface area contributed by atoms with Crippen molar-refractivity contribution in [3.8, 4) is 11.5 Å². The van der Waals surface area contributed by atoms with Crippen LogP contribution >= 0.6 is 0 Å². The van der Waals surface area contributed by atoms with Crippen LogP contribution < -0.4 is 19.7 Å². The van der Waals surface area contributed by atoms with Gasteiger partial charge in [0.1, 0.15) is 11.5 Å². The molecule has 0 saturated carbocycles. The van der Waals surface area contributed by atoms with E-state index in [0.717, 1.165) is 13.1 Å². The van der Waals surface area contributed by atoms with Gasteiger partial charge in [-0.2, -0.15) is 0 Å². The van der Waals surface area contributed by atoms with Gasteiger partial charge >= 0.3 is 6.03 Å². The number of hydrogen-bond acceptors (Lipinski definition) is 4. The van der Waals surface area contributed by atoms with Crippen molar-refractivity contribution < 1.29 is 14.3 Å². The quantitative estimate of drug-likeness (QED) is 0.893. The number of rotatable bonds is 4. The average molecular weight is 369 g/mol. The Morgan fingerprint density at radius 3 is 2.19 bits per heavy atom. The van der Waals surface area contributed by atoms with E-state index in [2.05, 4.69) is 42.3 Å². The third-order valence-electron chi connectivity index (χ3n) is 5.09. The number of methoxy groups -OCH3 is 2. The standard InChI is InChI=1S/C21H27N3O3/c1-15-6-5-7-20(16(15)2)23-8-10-24(11-9-23)21(25)22-17-12-18(26-3)14-19(13-17)27-4/h5-7,12-14H,8-11H2,1-4H3,(H,22,25). The smallest absolute Gasteiger partial charge is 0.321 e. The Hall–Kier alpha value is -2.89. The first-order valence-electron chi connectivity index (χ1n) is 9.12. The minimum absolute atomic E-state index is 0.106. The number of carbonyl (C=O) groups is 1. The average Bonchev–Trinajstić information content (AvgIpc) is 2.69. The van der Waals surface area contributed by atoms with Gasteiger partial charge in [-0.3, -0.25) is 0 Å². The minimum atomic E-state index is -0.106. The van der Waals surface area contributed by atoms with Crippen molar-refractivity contribution in [3.05, 3.63) is 47.5 Å². The first kappa shape index (κ1) is 18.9. The monoisotopic (exact) mass is 369 g/mol. The molecule has 3 rings (SSSR count). The van der Waals surface area contributed by atoms with E-state index in [1.54, 1.807) is 32.4 Å². The highest BCUT2D eigenvalue weighted by Gasteiger charge is 2.22. The van der Waals surface area contributed by atoms with Gasteiger partial charge in [0.25, 0.3) is 0 Å². The van der Waals surface area contributed by atoms with E-state index < -0.39 is 0 Å². The third kappa shape index (κ3) is 4.27. The summed E-state index contributed by atoms with van der Waals surface area (Å²) in [4.78, 5) is 16.8. The van der Waals surface area contributed by atoms with Crippen molar-refractivity contribution in [1.29, 1.82) is 0 Å². The van der Waals surface area contributed by atoms with Gasteiger partial charge in [-0.05, 0) is 31.0 Å². The first-order valence-corrected chi connectivity index (χ1v) is 9.12. The summed E-state index contributed by atoms with van der Waals surface area (Å²) in [6.45, 7) is 7.28. The van der Waals surface area contributed by atoms with Gasteiger partial charge < -0.3 is 24.6 Å². The summed E-state index contributed by atoms with van der Waals surface area (Å²) < 4.78 is 10.5. The molecule has 0 radical (unpaired) electrons. The zero-order valence-electron chi connectivity index (χ0n) is 16.4. The summed E-state index contributed by atoms with van der Waals surface area (Å²) in [6, 6.07) is 11.6. The van der Waals surface area contributed by atoms with Crippen molar-refractivity contribution in [2.45, 2.75) is 13.8 Å². The van der Waals surface area contributed by atoms with E-state index in [-0.39, 0.29) is 6.03 Å². The van der Waals surface area contributed by atoms with E-state index in [0.29, 0.717) is 30.3 Å². The fourth-order valence-electron chi connectivity index (χ4n) is 3.31. The summed E-state index contributed by atoms with van der Waals surface area (Å²) in [5.74, 6) is 1.29. The Labute approximate surface area is 160 Å². The maximum Gasteiger partial charge on any atom is 0.321 e. The molecule has 0 atom stereocenters. The summed E-state index contributed by atoms with van der Waals surface area (Å²) in [6.07, 6.45) is 0. The van der Waals surface area contributed by atoms with E-state index in [9.17, 15) is 4.79 Å². The number of piperazine rings is 1. The molecule has 0 aliphatic carbocycles. The van der Waals surface area contributed by atoms with Crippen molar-refractivity contribution >= 4 is 17.4 Å². The number of ether oxygens (including phenoxy) is 2. The zero-order chi connectivity index (χ0) is 19.4. The van der Waals surface area contributed by atoms with Crippen LogP contribution in [0.1, 0.15) is 11.1 Å². The Morgan fingerprint density at radius 2 is 1.59 bits per heavy atom. The van der Waals surface area contributed by atoms with Gasteiger partial charge in [0, 0.05) is 55.8 Å². The van der Waals surface area contributed by atoms with E-state index in [1.807, 2.05) is 4.90 Å². The lowest BCUT2D eigenvalue weighted by molar-refractivity contribution is 0.208. The van der Waals surface area contributed by atoms with Gasteiger partial charge in [-0.15, -0.1) is 0 Å². The molecule has 1 heterocycles. The number of nitrogens with one attached hydrogen (secondary N) is 1. The van der Waals surface area contributed by atoms with Crippen LogP contribution in [0.5, 0.6) is 11.5 Å². The molecule has 0 spiro atoms. The minimum Gasteiger partial charge on any atom is -0.497 e. The molecule has 1 aliphatic rings. The topological polar surface area (TPSA) is 54.0 Å². The maximum atomic E-state index is 12.6. The lowest BCUT2D eigenvalue weighted by Crippen LogP contribution is -2.50. The molecule has 6 heteroatoms. The molecule has 2 aromatic carbocycles. The lowest BCUT2D eigenvalue weighted by Gasteiger charge is -2.37. The summed E-state index contributed by atoms with van der Waals surface area (Å²) in [7, 11) is 3.18. The van der Waals surface area contributed by atoms with E-state index in [4.69, 9.17) is 9.47 Å². The third-order valence-corrected chi connectivity index (χ3v) is 5.09. The fourth-order valence-corrected chi connectivity index (χ4v) is 3.31. The molecule has 2 amide bonds. The van der Waals surface area contributed by atoms with Crippen LogP contribution in [-0.2, 0) is 0 Å². The molecule has 1 fully saturated rings. The molecule has 0 bridgehead atoms. The zero-order valence-corrected chi connectivity index (χ0v) is 16.4. The maximum absolute atomic E-state index is 12.6. The normalized spacial score (nSPS) is 14.1. The van der Waals surface area contributed by atoms with Crippen LogP contribution in [-0.4, -0.2) is 51.3 Å². The predicted molar refractivity (Wildman–Crippen MR) is 108 cm³/mol. The molecule has 2 aromatic rings. The van der Waals surface area contributed by atoms with Crippen LogP contribution in [0.2, 0.25) is 0 Å². The largest absolute Gasteiger partial charge is 0.497 e. The highest BCUT2D eigenvalue weighted by Crippen LogP contribution is 2.27. The van der Waals surface area contributed by atoms with Gasteiger partial charge in [-0.25, -0.2) is 4.79 Å². The SMILES string of the molecule is COc1cc(NC(=O)N2CCN(c3cccc(C)c3C)CC2)cc(OC)c1. The highest BCUT2D eigenvalue weighted by atomic mass is 16.5. The summed E-state index contributed by atoms with van der Waals surface area (Å²) in [5.41, 5.74) is 4.51. The summed E-state index contributed by atoms with van der Waals surface area (Å²) in [5, 5.41) is 2.94. The molecule has 0 unspecified atom stereocenters. The Morgan fingerprint density at radius 1 is 0.963 bits per heavy atom.